The third-order valence-corrected chi connectivity index (χ3v) is 4.36. The van der Waals surface area contributed by atoms with Gasteiger partial charge in [0, 0.05) is 6.54 Å². The highest BCUT2D eigenvalue weighted by Gasteiger charge is 2.15. The molecule has 0 atom stereocenters. The zero-order valence-corrected chi connectivity index (χ0v) is 13.0. The minimum atomic E-state index is -3.51. The standard InChI is InChI=1S/C12H16BrNO4S/c1-3-18-8-4-7-14-19(15,16)10-5-6-12(17-2)11(13)9-10/h3,5-6,9,14H,1,4,7-8H2,2H3. The van der Waals surface area contributed by atoms with Crippen molar-refractivity contribution in [3.8, 4) is 5.75 Å². The van der Waals surface area contributed by atoms with Crippen LogP contribution in [-0.2, 0) is 14.8 Å². The van der Waals surface area contributed by atoms with E-state index in [9.17, 15) is 8.42 Å². The van der Waals surface area contributed by atoms with Gasteiger partial charge >= 0.3 is 0 Å². The molecule has 0 aliphatic rings. The van der Waals surface area contributed by atoms with Crippen LogP contribution in [0.5, 0.6) is 5.75 Å². The third-order valence-electron chi connectivity index (χ3n) is 2.28. The smallest absolute Gasteiger partial charge is 0.240 e. The SMILES string of the molecule is C=COCCCNS(=O)(=O)c1ccc(OC)c(Br)c1. The molecule has 0 saturated carbocycles. The van der Waals surface area contributed by atoms with E-state index < -0.39 is 10.0 Å². The Morgan fingerprint density at radius 3 is 2.79 bits per heavy atom. The van der Waals surface area contributed by atoms with Crippen molar-refractivity contribution in [2.24, 2.45) is 0 Å². The summed E-state index contributed by atoms with van der Waals surface area (Å²) in [6.45, 7) is 4.14. The molecule has 0 unspecified atom stereocenters. The first-order valence-corrected chi connectivity index (χ1v) is 7.84. The summed E-state index contributed by atoms with van der Waals surface area (Å²) in [6.07, 6.45) is 1.90. The number of ether oxygens (including phenoxy) is 2. The van der Waals surface area contributed by atoms with Crippen molar-refractivity contribution in [1.29, 1.82) is 0 Å². The van der Waals surface area contributed by atoms with Gasteiger partial charge in [0.15, 0.2) is 0 Å². The molecule has 0 radical (unpaired) electrons. The summed E-state index contributed by atoms with van der Waals surface area (Å²) in [7, 11) is -1.99. The van der Waals surface area contributed by atoms with Gasteiger partial charge in [0.05, 0.1) is 29.3 Å². The maximum absolute atomic E-state index is 12.0. The predicted octanol–water partition coefficient (Wildman–Crippen LogP) is 2.29. The van der Waals surface area contributed by atoms with Crippen molar-refractivity contribution in [2.45, 2.75) is 11.3 Å². The summed E-state index contributed by atoms with van der Waals surface area (Å²) in [6, 6.07) is 4.59. The molecule has 106 valence electrons. The largest absolute Gasteiger partial charge is 0.502 e. The van der Waals surface area contributed by atoms with Gasteiger partial charge in [0.1, 0.15) is 5.75 Å². The highest BCUT2D eigenvalue weighted by Crippen LogP contribution is 2.27. The van der Waals surface area contributed by atoms with Crippen molar-refractivity contribution >= 4 is 26.0 Å². The Bertz CT molecular complexity index is 531. The second-order valence-corrected chi connectivity index (χ2v) is 6.21. The molecular formula is C12H16BrNO4S. The molecule has 5 nitrogen and oxygen atoms in total. The van der Waals surface area contributed by atoms with E-state index in [2.05, 4.69) is 27.2 Å². The summed E-state index contributed by atoms with van der Waals surface area (Å²) in [5.41, 5.74) is 0. The Morgan fingerprint density at radius 1 is 1.47 bits per heavy atom. The van der Waals surface area contributed by atoms with E-state index in [1.165, 1.54) is 25.5 Å². The number of benzene rings is 1. The summed E-state index contributed by atoms with van der Waals surface area (Å²) >= 11 is 3.25. The van der Waals surface area contributed by atoms with Gasteiger partial charge in [-0.1, -0.05) is 6.58 Å². The Morgan fingerprint density at radius 2 is 2.21 bits per heavy atom. The summed E-state index contributed by atoms with van der Waals surface area (Å²) in [4.78, 5) is 0.185. The molecule has 7 heteroatoms. The topological polar surface area (TPSA) is 64.6 Å². The van der Waals surface area contributed by atoms with Crippen LogP contribution in [0.2, 0.25) is 0 Å². The molecule has 1 aromatic carbocycles. The average Bonchev–Trinajstić information content (AvgIpc) is 2.38. The molecule has 0 aromatic heterocycles. The van der Waals surface area contributed by atoms with Gasteiger partial charge < -0.3 is 9.47 Å². The lowest BCUT2D eigenvalue weighted by Crippen LogP contribution is -2.25. The molecule has 0 aliphatic carbocycles. The summed E-state index contributed by atoms with van der Waals surface area (Å²) < 4.78 is 37.0. The molecular weight excluding hydrogens is 334 g/mol. The van der Waals surface area contributed by atoms with Gasteiger partial charge in [-0.05, 0) is 40.5 Å². The van der Waals surface area contributed by atoms with Crippen LogP contribution in [0, 0.1) is 0 Å². The molecule has 1 aromatic rings. The molecule has 0 aliphatic heterocycles. The third kappa shape index (κ3) is 4.85. The van der Waals surface area contributed by atoms with E-state index in [4.69, 9.17) is 9.47 Å². The number of nitrogens with one attached hydrogen (secondary N) is 1. The molecule has 0 spiro atoms. The maximum atomic E-state index is 12.0. The van der Waals surface area contributed by atoms with Crippen LogP contribution in [0.25, 0.3) is 0 Å². The van der Waals surface area contributed by atoms with E-state index in [0.717, 1.165) is 0 Å². The summed E-state index contributed by atoms with van der Waals surface area (Å²) in [5, 5.41) is 0. The normalized spacial score (nSPS) is 11.1. The predicted molar refractivity (Wildman–Crippen MR) is 76.6 cm³/mol. The number of rotatable bonds is 8. The van der Waals surface area contributed by atoms with E-state index in [1.54, 1.807) is 6.07 Å². The van der Waals surface area contributed by atoms with Crippen LogP contribution >= 0.6 is 15.9 Å². The van der Waals surface area contributed by atoms with E-state index in [1.807, 2.05) is 0 Å². The molecule has 1 N–H and O–H groups in total. The first-order valence-electron chi connectivity index (χ1n) is 5.57. The molecule has 19 heavy (non-hydrogen) atoms. The lowest BCUT2D eigenvalue weighted by Gasteiger charge is -2.09. The number of halogens is 1. The van der Waals surface area contributed by atoms with Crippen LogP contribution < -0.4 is 9.46 Å². The van der Waals surface area contributed by atoms with Gasteiger partial charge in [0.25, 0.3) is 0 Å². The Labute approximate surface area is 121 Å². The number of methoxy groups -OCH3 is 1. The van der Waals surface area contributed by atoms with Gasteiger partial charge in [0.2, 0.25) is 10.0 Å². The fourth-order valence-electron chi connectivity index (χ4n) is 1.34. The number of hydrogen-bond donors (Lipinski definition) is 1. The zero-order valence-electron chi connectivity index (χ0n) is 10.6. The second kappa shape index (κ2) is 7.52. The molecule has 0 bridgehead atoms. The Hall–Kier alpha value is -1.05. The van der Waals surface area contributed by atoms with Crippen molar-refractivity contribution < 1.29 is 17.9 Å². The minimum Gasteiger partial charge on any atom is -0.502 e. The molecule has 0 amide bonds. The fourth-order valence-corrected chi connectivity index (χ4v) is 3.14. The van der Waals surface area contributed by atoms with Gasteiger partial charge in [-0.25, -0.2) is 13.1 Å². The van der Waals surface area contributed by atoms with Crippen molar-refractivity contribution in [3.05, 3.63) is 35.5 Å². The van der Waals surface area contributed by atoms with Crippen LogP contribution in [0.4, 0.5) is 0 Å². The van der Waals surface area contributed by atoms with Crippen molar-refractivity contribution in [3.63, 3.8) is 0 Å². The highest BCUT2D eigenvalue weighted by molar-refractivity contribution is 9.10. The highest BCUT2D eigenvalue weighted by atomic mass is 79.9. The van der Waals surface area contributed by atoms with Gasteiger partial charge in [-0.15, -0.1) is 0 Å². The molecule has 1 rings (SSSR count). The summed E-state index contributed by atoms with van der Waals surface area (Å²) in [5.74, 6) is 0.582. The van der Waals surface area contributed by atoms with Crippen LogP contribution in [-0.4, -0.2) is 28.7 Å². The van der Waals surface area contributed by atoms with E-state index in [0.29, 0.717) is 29.8 Å². The Balaban J connectivity index is 2.66. The fraction of sp³-hybridized carbons (Fsp3) is 0.333. The number of hydrogen-bond acceptors (Lipinski definition) is 4. The van der Waals surface area contributed by atoms with E-state index in [-0.39, 0.29) is 4.90 Å². The van der Waals surface area contributed by atoms with E-state index >= 15 is 0 Å². The van der Waals surface area contributed by atoms with Crippen LogP contribution in [0.1, 0.15) is 6.42 Å². The second-order valence-electron chi connectivity index (χ2n) is 3.59. The lowest BCUT2D eigenvalue weighted by atomic mass is 10.3. The first kappa shape index (κ1) is 16.0. The maximum Gasteiger partial charge on any atom is 0.240 e. The average molecular weight is 350 g/mol. The molecule has 0 heterocycles. The van der Waals surface area contributed by atoms with Crippen LogP contribution in [0.3, 0.4) is 0 Å². The molecule has 0 fully saturated rings. The monoisotopic (exact) mass is 349 g/mol. The van der Waals surface area contributed by atoms with Crippen LogP contribution in [0.15, 0.2) is 40.4 Å². The van der Waals surface area contributed by atoms with Gasteiger partial charge in [-0.2, -0.15) is 0 Å². The quantitative estimate of drug-likeness (QED) is 0.577. The van der Waals surface area contributed by atoms with Crippen molar-refractivity contribution in [1.82, 2.24) is 4.72 Å². The molecule has 0 saturated heterocycles. The minimum absolute atomic E-state index is 0.185. The Kier molecular flexibility index (Phi) is 6.33. The number of sulfonamides is 1. The lowest BCUT2D eigenvalue weighted by molar-refractivity contribution is 0.247. The first-order chi connectivity index (χ1) is 9.01. The van der Waals surface area contributed by atoms with Crippen molar-refractivity contribution in [2.75, 3.05) is 20.3 Å². The van der Waals surface area contributed by atoms with Gasteiger partial charge in [-0.3, -0.25) is 0 Å². The zero-order chi connectivity index (χ0) is 14.3.